The van der Waals surface area contributed by atoms with Crippen LogP contribution in [0.25, 0.3) is 0 Å². The summed E-state index contributed by atoms with van der Waals surface area (Å²) in [6.45, 7) is 0.631. The van der Waals surface area contributed by atoms with Crippen LogP contribution in [0.15, 0.2) is 48.5 Å². The molecule has 0 bridgehead atoms. The summed E-state index contributed by atoms with van der Waals surface area (Å²) in [5, 5.41) is 10.7. The normalized spacial score (nSPS) is 15.9. The first-order valence-electron chi connectivity index (χ1n) is 9.47. The summed E-state index contributed by atoms with van der Waals surface area (Å²) in [6.07, 6.45) is -4.63. The first-order chi connectivity index (χ1) is 14.8. The smallest absolute Gasteiger partial charge is 0.416 e. The van der Waals surface area contributed by atoms with Crippen LogP contribution < -0.4 is 10.1 Å². The number of halogens is 3. The Morgan fingerprint density at radius 2 is 1.90 bits per heavy atom. The number of fused-ring (bicyclic) bond motifs is 1. The van der Waals surface area contributed by atoms with Crippen molar-refractivity contribution in [1.29, 1.82) is 0 Å². The van der Waals surface area contributed by atoms with Crippen LogP contribution in [-0.2, 0) is 30.6 Å². The van der Waals surface area contributed by atoms with Gasteiger partial charge in [-0.1, -0.05) is 29.5 Å². The van der Waals surface area contributed by atoms with Crippen LogP contribution in [0.1, 0.15) is 39.0 Å². The molecule has 0 radical (unpaired) electrons. The van der Waals surface area contributed by atoms with Gasteiger partial charge in [0.05, 0.1) is 31.5 Å². The first-order valence-corrected chi connectivity index (χ1v) is 9.47. The molecule has 0 fully saturated rings. The minimum atomic E-state index is -4.40. The van der Waals surface area contributed by atoms with E-state index in [9.17, 15) is 18.0 Å². The topological polar surface area (TPSA) is 78.3 Å². The fraction of sp³-hybridized carbons (Fsp3) is 0.286. The molecule has 0 saturated carbocycles. The van der Waals surface area contributed by atoms with Gasteiger partial charge in [-0.15, -0.1) is 5.10 Å². The minimum Gasteiger partial charge on any atom is -0.497 e. The number of alkyl halides is 3. The third kappa shape index (κ3) is 4.53. The first kappa shape index (κ1) is 20.9. The SMILES string of the molecule is COc1ccc([C@H]2Cn3nnc(C(=O)NCc4ccc(C(F)(F)F)cc4)c3CO2)cc1. The van der Waals surface area contributed by atoms with Gasteiger partial charge in [0, 0.05) is 6.54 Å². The van der Waals surface area contributed by atoms with Crippen molar-refractivity contribution in [3.05, 3.63) is 76.6 Å². The number of aromatic nitrogens is 3. The lowest BCUT2D eigenvalue weighted by Crippen LogP contribution is -2.27. The Bertz CT molecular complexity index is 1060. The molecule has 2 heterocycles. The number of carbonyl (C=O) groups excluding carboxylic acids is 1. The highest BCUT2D eigenvalue weighted by Gasteiger charge is 2.30. The summed E-state index contributed by atoms with van der Waals surface area (Å²) in [5.74, 6) is 0.278. The van der Waals surface area contributed by atoms with Crippen LogP contribution in [0.4, 0.5) is 13.2 Å². The van der Waals surface area contributed by atoms with Gasteiger partial charge in [0.2, 0.25) is 0 Å². The number of ether oxygens (including phenoxy) is 2. The van der Waals surface area contributed by atoms with Gasteiger partial charge in [-0.2, -0.15) is 13.2 Å². The molecule has 1 atom stereocenters. The zero-order chi connectivity index (χ0) is 22.0. The molecule has 7 nitrogen and oxygen atoms in total. The lowest BCUT2D eigenvalue weighted by atomic mass is 10.1. The van der Waals surface area contributed by atoms with E-state index >= 15 is 0 Å². The number of rotatable bonds is 5. The second kappa shape index (κ2) is 8.38. The van der Waals surface area contributed by atoms with Crippen molar-refractivity contribution < 1.29 is 27.4 Å². The number of benzene rings is 2. The maximum Gasteiger partial charge on any atom is 0.416 e. The van der Waals surface area contributed by atoms with Gasteiger partial charge in [0.25, 0.3) is 5.91 Å². The molecule has 1 aliphatic rings. The number of carbonyl (C=O) groups is 1. The average molecular weight is 432 g/mol. The quantitative estimate of drug-likeness (QED) is 0.668. The number of hydrogen-bond donors (Lipinski definition) is 1. The molecule has 31 heavy (non-hydrogen) atoms. The number of nitrogens with one attached hydrogen (secondary N) is 1. The third-order valence-corrected chi connectivity index (χ3v) is 5.03. The fourth-order valence-electron chi connectivity index (χ4n) is 3.29. The Kier molecular flexibility index (Phi) is 5.64. The molecule has 162 valence electrons. The molecule has 0 saturated heterocycles. The summed E-state index contributed by atoms with van der Waals surface area (Å²) in [5.41, 5.74) is 1.45. The Hall–Kier alpha value is -3.40. The van der Waals surface area contributed by atoms with Gasteiger partial charge < -0.3 is 14.8 Å². The highest BCUT2D eigenvalue weighted by atomic mass is 19.4. The molecule has 10 heteroatoms. The highest BCUT2D eigenvalue weighted by Crippen LogP contribution is 2.29. The summed E-state index contributed by atoms with van der Waals surface area (Å²) in [4.78, 5) is 12.5. The van der Waals surface area contributed by atoms with E-state index < -0.39 is 17.6 Å². The second-order valence-corrected chi connectivity index (χ2v) is 7.02. The van der Waals surface area contributed by atoms with Gasteiger partial charge in [-0.05, 0) is 35.4 Å². The van der Waals surface area contributed by atoms with Crippen LogP contribution >= 0.6 is 0 Å². The Balaban J connectivity index is 1.39. The van der Waals surface area contributed by atoms with E-state index in [-0.39, 0.29) is 24.9 Å². The molecule has 0 unspecified atom stereocenters. The van der Waals surface area contributed by atoms with Crippen molar-refractivity contribution in [2.45, 2.75) is 32.0 Å². The fourth-order valence-corrected chi connectivity index (χ4v) is 3.29. The minimum absolute atomic E-state index is 0.0681. The lowest BCUT2D eigenvalue weighted by Gasteiger charge is -2.24. The molecule has 1 amide bonds. The molecule has 4 rings (SSSR count). The summed E-state index contributed by atoms with van der Waals surface area (Å²) < 4.78 is 50.6. The van der Waals surface area contributed by atoms with Crippen molar-refractivity contribution in [1.82, 2.24) is 20.3 Å². The second-order valence-electron chi connectivity index (χ2n) is 7.02. The van der Waals surface area contributed by atoms with E-state index in [1.807, 2.05) is 24.3 Å². The lowest BCUT2D eigenvalue weighted by molar-refractivity contribution is -0.137. The largest absolute Gasteiger partial charge is 0.497 e. The Morgan fingerprint density at radius 1 is 1.19 bits per heavy atom. The standard InChI is InChI=1S/C21H19F3N4O3/c1-30-16-8-4-14(5-9-16)18-11-28-17(12-31-18)19(26-27-28)20(29)25-10-13-2-6-15(7-3-13)21(22,23)24/h2-9,18H,10-12H2,1H3,(H,25,29)/t18-/m1/s1. The number of amides is 1. The molecule has 1 aromatic heterocycles. The zero-order valence-corrected chi connectivity index (χ0v) is 16.5. The predicted octanol–water partition coefficient (Wildman–Crippen LogP) is 3.51. The molecular formula is C21H19F3N4O3. The summed E-state index contributed by atoms with van der Waals surface area (Å²) >= 11 is 0. The van der Waals surface area contributed by atoms with E-state index in [0.29, 0.717) is 17.8 Å². The molecule has 1 aliphatic heterocycles. The Labute approximate surface area is 175 Å². The van der Waals surface area contributed by atoms with Crippen LogP contribution in [0, 0.1) is 0 Å². The van der Waals surface area contributed by atoms with Crippen LogP contribution in [0.2, 0.25) is 0 Å². The maximum atomic E-state index is 12.6. The van der Waals surface area contributed by atoms with Crippen LogP contribution in [0.5, 0.6) is 5.75 Å². The van der Waals surface area contributed by atoms with Crippen molar-refractivity contribution in [2.24, 2.45) is 0 Å². The molecule has 1 N–H and O–H groups in total. The monoisotopic (exact) mass is 432 g/mol. The highest BCUT2D eigenvalue weighted by molar-refractivity contribution is 5.93. The van der Waals surface area contributed by atoms with Crippen LogP contribution in [0.3, 0.4) is 0 Å². The summed E-state index contributed by atoms with van der Waals surface area (Å²) in [6, 6.07) is 12.1. The van der Waals surface area contributed by atoms with Crippen molar-refractivity contribution in [2.75, 3.05) is 7.11 Å². The van der Waals surface area contributed by atoms with Gasteiger partial charge in [0.1, 0.15) is 11.9 Å². The third-order valence-electron chi connectivity index (χ3n) is 5.03. The van der Waals surface area contributed by atoms with E-state index in [2.05, 4.69) is 15.6 Å². The van der Waals surface area contributed by atoms with E-state index in [0.717, 1.165) is 23.4 Å². The molecule has 0 aliphatic carbocycles. The van der Waals surface area contributed by atoms with E-state index in [1.165, 1.54) is 12.1 Å². The molecule has 0 spiro atoms. The van der Waals surface area contributed by atoms with Crippen molar-refractivity contribution in [3.63, 3.8) is 0 Å². The molecule has 3 aromatic rings. The van der Waals surface area contributed by atoms with Gasteiger partial charge in [-0.25, -0.2) is 4.68 Å². The van der Waals surface area contributed by atoms with E-state index in [4.69, 9.17) is 9.47 Å². The number of hydrogen-bond acceptors (Lipinski definition) is 5. The maximum absolute atomic E-state index is 12.6. The molecular weight excluding hydrogens is 413 g/mol. The molecule has 2 aromatic carbocycles. The average Bonchev–Trinajstić information content (AvgIpc) is 3.20. The van der Waals surface area contributed by atoms with Crippen molar-refractivity contribution >= 4 is 5.91 Å². The van der Waals surface area contributed by atoms with E-state index in [1.54, 1.807) is 11.8 Å². The van der Waals surface area contributed by atoms with Crippen molar-refractivity contribution in [3.8, 4) is 5.75 Å². The van der Waals surface area contributed by atoms with Crippen LogP contribution in [-0.4, -0.2) is 28.0 Å². The van der Waals surface area contributed by atoms with Gasteiger partial charge >= 0.3 is 6.18 Å². The zero-order valence-electron chi connectivity index (χ0n) is 16.5. The number of methoxy groups -OCH3 is 1. The van der Waals surface area contributed by atoms with Gasteiger partial charge in [0.15, 0.2) is 5.69 Å². The number of nitrogens with zero attached hydrogens (tertiary/aromatic N) is 3. The Morgan fingerprint density at radius 3 is 2.55 bits per heavy atom. The van der Waals surface area contributed by atoms with Gasteiger partial charge in [-0.3, -0.25) is 4.79 Å². The predicted molar refractivity (Wildman–Crippen MR) is 103 cm³/mol. The summed E-state index contributed by atoms with van der Waals surface area (Å²) in [7, 11) is 1.60.